The Labute approximate surface area is 68.2 Å². The molecule has 1 fully saturated rings. The van der Waals surface area contributed by atoms with Gasteiger partial charge in [-0.1, -0.05) is 0 Å². The first-order valence-electron chi connectivity index (χ1n) is 4.30. The van der Waals surface area contributed by atoms with Gasteiger partial charge in [-0.15, -0.1) is 0 Å². The molecule has 3 N–H and O–H groups in total. The second-order valence-corrected chi connectivity index (χ2v) is 3.44. The molecule has 1 saturated carbocycles. The second kappa shape index (κ2) is 4.04. The van der Waals surface area contributed by atoms with Crippen molar-refractivity contribution in [3.05, 3.63) is 0 Å². The van der Waals surface area contributed by atoms with E-state index < -0.39 is 0 Å². The molecule has 3 heteroatoms. The van der Waals surface area contributed by atoms with Crippen LogP contribution in [0.15, 0.2) is 0 Å². The van der Waals surface area contributed by atoms with E-state index in [0.29, 0.717) is 0 Å². The summed E-state index contributed by atoms with van der Waals surface area (Å²) in [5.41, 5.74) is 5.57. The van der Waals surface area contributed by atoms with Crippen molar-refractivity contribution in [1.29, 1.82) is 0 Å². The third-order valence-electron chi connectivity index (χ3n) is 2.26. The smallest absolute Gasteiger partial charge is 0.0583 e. The molecule has 0 radical (unpaired) electrons. The summed E-state index contributed by atoms with van der Waals surface area (Å²) < 4.78 is 0. The molecule has 0 aromatic rings. The maximum atomic E-state index is 8.66. The molecular formula is C8H18N2O. The Balaban J connectivity index is 2.00. The number of aliphatic hydroxyl groups is 1. The molecule has 0 spiro atoms. The van der Waals surface area contributed by atoms with Gasteiger partial charge in [0.15, 0.2) is 0 Å². The summed E-state index contributed by atoms with van der Waals surface area (Å²) in [6, 6.07) is 0.775. The monoisotopic (exact) mass is 158 g/mol. The molecule has 1 rings (SSSR count). The van der Waals surface area contributed by atoms with Gasteiger partial charge >= 0.3 is 0 Å². The first-order chi connectivity index (χ1) is 5.24. The molecule has 0 saturated heterocycles. The van der Waals surface area contributed by atoms with E-state index in [9.17, 15) is 0 Å². The van der Waals surface area contributed by atoms with Gasteiger partial charge in [0.25, 0.3) is 0 Å². The minimum atomic E-state index is -0.0313. The molecule has 0 aliphatic heterocycles. The molecule has 0 aromatic heterocycles. The van der Waals surface area contributed by atoms with Crippen molar-refractivity contribution in [3.8, 4) is 0 Å². The van der Waals surface area contributed by atoms with Crippen LogP contribution < -0.4 is 5.73 Å². The van der Waals surface area contributed by atoms with E-state index in [1.807, 2.05) is 0 Å². The van der Waals surface area contributed by atoms with Crippen molar-refractivity contribution < 1.29 is 5.11 Å². The maximum absolute atomic E-state index is 8.66. The minimum Gasteiger partial charge on any atom is -0.395 e. The molecular weight excluding hydrogens is 140 g/mol. The van der Waals surface area contributed by atoms with Crippen molar-refractivity contribution in [1.82, 2.24) is 4.90 Å². The van der Waals surface area contributed by atoms with Crippen molar-refractivity contribution in [2.75, 3.05) is 20.2 Å². The largest absolute Gasteiger partial charge is 0.395 e. The third-order valence-corrected chi connectivity index (χ3v) is 2.26. The van der Waals surface area contributed by atoms with Crippen LogP contribution in [0, 0.1) is 0 Å². The van der Waals surface area contributed by atoms with Gasteiger partial charge < -0.3 is 15.7 Å². The zero-order valence-corrected chi connectivity index (χ0v) is 7.16. The average molecular weight is 158 g/mol. The standard InChI is InChI=1S/C8H18N2O/c1-10(8-2-3-8)5-4-7(9)6-11/h7-8,11H,2-6,9H2,1H3. The van der Waals surface area contributed by atoms with Crippen LogP contribution in [0.5, 0.6) is 0 Å². The van der Waals surface area contributed by atoms with Crippen LogP contribution in [0.3, 0.4) is 0 Å². The van der Waals surface area contributed by atoms with Crippen LogP contribution in [0.1, 0.15) is 19.3 Å². The number of hydrogen-bond acceptors (Lipinski definition) is 3. The topological polar surface area (TPSA) is 49.5 Å². The maximum Gasteiger partial charge on any atom is 0.0583 e. The van der Waals surface area contributed by atoms with Crippen molar-refractivity contribution in [2.45, 2.75) is 31.3 Å². The summed E-state index contributed by atoms with van der Waals surface area (Å²) in [5, 5.41) is 8.66. The third kappa shape index (κ3) is 3.18. The lowest BCUT2D eigenvalue weighted by atomic mass is 10.2. The van der Waals surface area contributed by atoms with E-state index in [-0.39, 0.29) is 12.6 Å². The highest BCUT2D eigenvalue weighted by Gasteiger charge is 2.25. The lowest BCUT2D eigenvalue weighted by Gasteiger charge is -2.17. The normalized spacial score (nSPS) is 20.7. The number of nitrogens with zero attached hydrogens (tertiary/aromatic N) is 1. The number of nitrogens with two attached hydrogens (primary N) is 1. The molecule has 1 aliphatic carbocycles. The van der Waals surface area contributed by atoms with E-state index in [0.717, 1.165) is 19.0 Å². The zero-order chi connectivity index (χ0) is 8.27. The van der Waals surface area contributed by atoms with E-state index in [1.54, 1.807) is 0 Å². The molecule has 11 heavy (non-hydrogen) atoms. The van der Waals surface area contributed by atoms with Crippen molar-refractivity contribution in [3.63, 3.8) is 0 Å². The summed E-state index contributed by atoms with van der Waals surface area (Å²) in [6.45, 7) is 1.13. The summed E-state index contributed by atoms with van der Waals surface area (Å²) in [4.78, 5) is 2.33. The SMILES string of the molecule is CN(CCC(N)CO)C1CC1. The summed E-state index contributed by atoms with van der Waals surface area (Å²) in [5.74, 6) is 0. The van der Waals surface area contributed by atoms with E-state index in [2.05, 4.69) is 11.9 Å². The van der Waals surface area contributed by atoms with Gasteiger partial charge in [0, 0.05) is 12.1 Å². The minimum absolute atomic E-state index is 0.0313. The lowest BCUT2D eigenvalue weighted by molar-refractivity contribution is 0.237. The van der Waals surface area contributed by atoms with Gasteiger partial charge in [0.1, 0.15) is 0 Å². The summed E-state index contributed by atoms with van der Waals surface area (Å²) in [7, 11) is 2.13. The Morgan fingerprint density at radius 2 is 2.27 bits per heavy atom. The molecule has 0 amide bonds. The predicted octanol–water partition coefficient (Wildman–Crippen LogP) is -0.210. The van der Waals surface area contributed by atoms with Gasteiger partial charge in [-0.3, -0.25) is 0 Å². The van der Waals surface area contributed by atoms with Crippen molar-refractivity contribution >= 4 is 0 Å². The lowest BCUT2D eigenvalue weighted by Crippen LogP contribution is -2.31. The van der Waals surface area contributed by atoms with E-state index >= 15 is 0 Å². The fourth-order valence-electron chi connectivity index (χ4n) is 1.16. The predicted molar refractivity (Wildman–Crippen MR) is 45.3 cm³/mol. The Morgan fingerprint density at radius 1 is 1.64 bits per heavy atom. The Morgan fingerprint density at radius 3 is 2.73 bits per heavy atom. The number of aliphatic hydroxyl groups excluding tert-OH is 1. The van der Waals surface area contributed by atoms with E-state index in [4.69, 9.17) is 10.8 Å². The van der Waals surface area contributed by atoms with Gasteiger partial charge in [0.2, 0.25) is 0 Å². The average Bonchev–Trinajstić information content (AvgIpc) is 2.81. The first-order valence-corrected chi connectivity index (χ1v) is 4.30. The molecule has 1 atom stereocenters. The second-order valence-electron chi connectivity index (χ2n) is 3.44. The Hall–Kier alpha value is -0.120. The summed E-state index contributed by atoms with van der Waals surface area (Å²) >= 11 is 0. The first kappa shape index (κ1) is 8.97. The molecule has 0 heterocycles. The molecule has 66 valence electrons. The summed E-state index contributed by atoms with van der Waals surface area (Å²) in [6.07, 6.45) is 3.58. The zero-order valence-electron chi connectivity index (χ0n) is 7.16. The highest BCUT2D eigenvalue weighted by Crippen LogP contribution is 2.25. The Bertz CT molecular complexity index is 115. The molecule has 3 nitrogen and oxygen atoms in total. The van der Waals surface area contributed by atoms with Crippen LogP contribution in [0.25, 0.3) is 0 Å². The van der Waals surface area contributed by atoms with E-state index in [1.165, 1.54) is 12.8 Å². The van der Waals surface area contributed by atoms with Crippen molar-refractivity contribution in [2.24, 2.45) is 5.73 Å². The Kier molecular flexibility index (Phi) is 3.30. The van der Waals surface area contributed by atoms with Crippen LogP contribution in [-0.4, -0.2) is 42.3 Å². The van der Waals surface area contributed by atoms with Crippen LogP contribution in [0.4, 0.5) is 0 Å². The van der Waals surface area contributed by atoms with Gasteiger partial charge in [-0.05, 0) is 32.9 Å². The van der Waals surface area contributed by atoms with Crippen LogP contribution in [-0.2, 0) is 0 Å². The van der Waals surface area contributed by atoms with Gasteiger partial charge in [-0.25, -0.2) is 0 Å². The van der Waals surface area contributed by atoms with Crippen LogP contribution >= 0.6 is 0 Å². The van der Waals surface area contributed by atoms with Gasteiger partial charge in [-0.2, -0.15) is 0 Å². The van der Waals surface area contributed by atoms with Gasteiger partial charge in [0.05, 0.1) is 6.61 Å². The quantitative estimate of drug-likeness (QED) is 0.582. The van der Waals surface area contributed by atoms with Crippen LogP contribution in [0.2, 0.25) is 0 Å². The fourth-order valence-corrected chi connectivity index (χ4v) is 1.16. The molecule has 1 unspecified atom stereocenters. The highest BCUT2D eigenvalue weighted by molar-refractivity contribution is 4.82. The fraction of sp³-hybridized carbons (Fsp3) is 1.00. The number of rotatable bonds is 5. The molecule has 0 bridgehead atoms. The molecule has 1 aliphatic rings. The number of hydrogen-bond donors (Lipinski definition) is 2. The highest BCUT2D eigenvalue weighted by atomic mass is 16.3. The molecule has 0 aromatic carbocycles.